The topological polar surface area (TPSA) is 42.4 Å². The van der Waals surface area contributed by atoms with Crippen molar-refractivity contribution >= 4 is 11.7 Å². The fraction of sp³-hybridized carbons (Fsp3) is 0.400. The van der Waals surface area contributed by atoms with Gasteiger partial charge in [-0.1, -0.05) is 51.1 Å². The number of benzene rings is 2. The summed E-state index contributed by atoms with van der Waals surface area (Å²) in [7, 11) is 1.70. The third kappa shape index (κ3) is 5.49. The van der Waals surface area contributed by atoms with E-state index in [2.05, 4.69) is 70.2 Å². The lowest BCUT2D eigenvalue weighted by Crippen LogP contribution is -2.35. The number of carbonyl (C=O) groups is 1. The predicted molar refractivity (Wildman–Crippen MR) is 139 cm³/mol. The van der Waals surface area contributed by atoms with Crippen molar-refractivity contribution in [3.63, 3.8) is 0 Å². The van der Waals surface area contributed by atoms with Crippen molar-refractivity contribution in [2.45, 2.75) is 66.3 Å². The van der Waals surface area contributed by atoms with E-state index in [1.807, 2.05) is 17.2 Å². The number of ether oxygens (including phenoxy) is 1. The standard InChI is InChI=1S/C30H36N2O2/c1-21-18-25(14-15-27(21)34-5)23-12-10-22(11-13-23)20-32(28(33)19-30(2,3)4)29-26-9-7-6-8-24(26)16-17-31-29/h10-18H,6-9,19-20H2,1-5H3. The van der Waals surface area contributed by atoms with Crippen LogP contribution in [0, 0.1) is 12.3 Å². The predicted octanol–water partition coefficient (Wildman–Crippen LogP) is 6.91. The fourth-order valence-corrected chi connectivity index (χ4v) is 4.75. The summed E-state index contributed by atoms with van der Waals surface area (Å²) in [6.07, 6.45) is 6.78. The summed E-state index contributed by atoms with van der Waals surface area (Å²) < 4.78 is 5.39. The highest BCUT2D eigenvalue weighted by Gasteiger charge is 2.27. The van der Waals surface area contributed by atoms with Gasteiger partial charge in [0.15, 0.2) is 0 Å². The zero-order chi connectivity index (χ0) is 24.3. The van der Waals surface area contributed by atoms with Gasteiger partial charge in [-0.25, -0.2) is 4.98 Å². The monoisotopic (exact) mass is 456 g/mol. The molecule has 4 rings (SSSR count). The van der Waals surface area contributed by atoms with Crippen LogP contribution in [0.15, 0.2) is 54.7 Å². The smallest absolute Gasteiger partial charge is 0.228 e. The molecule has 0 N–H and O–H groups in total. The first-order valence-corrected chi connectivity index (χ1v) is 12.3. The lowest BCUT2D eigenvalue weighted by atomic mass is 9.90. The first-order valence-electron chi connectivity index (χ1n) is 12.3. The molecule has 0 aliphatic heterocycles. The Balaban J connectivity index is 1.63. The summed E-state index contributed by atoms with van der Waals surface area (Å²) >= 11 is 0. The maximum atomic E-state index is 13.5. The second-order valence-corrected chi connectivity index (χ2v) is 10.6. The van der Waals surface area contributed by atoms with Gasteiger partial charge in [0.05, 0.1) is 13.7 Å². The molecule has 0 atom stereocenters. The molecule has 1 amide bonds. The number of methoxy groups -OCH3 is 1. The minimum atomic E-state index is -0.0831. The van der Waals surface area contributed by atoms with E-state index in [0.29, 0.717) is 13.0 Å². The van der Waals surface area contributed by atoms with Crippen molar-refractivity contribution < 1.29 is 9.53 Å². The van der Waals surface area contributed by atoms with Crippen molar-refractivity contribution in [3.8, 4) is 16.9 Å². The molecular formula is C30H36N2O2. The SMILES string of the molecule is COc1ccc(-c2ccc(CN(C(=O)CC(C)(C)C)c3nccc4c3CCCC4)cc2)cc1C. The molecule has 34 heavy (non-hydrogen) atoms. The number of pyridine rings is 1. The number of aromatic nitrogens is 1. The second-order valence-electron chi connectivity index (χ2n) is 10.6. The molecule has 1 aliphatic rings. The summed E-state index contributed by atoms with van der Waals surface area (Å²) in [6, 6.07) is 16.9. The second kappa shape index (κ2) is 10.0. The summed E-state index contributed by atoms with van der Waals surface area (Å²) in [6.45, 7) is 8.93. The van der Waals surface area contributed by atoms with Gasteiger partial charge in [-0.2, -0.15) is 0 Å². The zero-order valence-corrected chi connectivity index (χ0v) is 21.1. The number of rotatable bonds is 6. The summed E-state index contributed by atoms with van der Waals surface area (Å²) in [4.78, 5) is 20.2. The largest absolute Gasteiger partial charge is 0.496 e. The number of fused-ring (bicyclic) bond motifs is 1. The Kier molecular flexibility index (Phi) is 7.06. The third-order valence-corrected chi connectivity index (χ3v) is 6.51. The summed E-state index contributed by atoms with van der Waals surface area (Å²) in [5, 5.41) is 0. The first-order chi connectivity index (χ1) is 16.2. The van der Waals surface area contributed by atoms with Crippen LogP contribution in [-0.2, 0) is 24.2 Å². The van der Waals surface area contributed by atoms with Crippen LogP contribution < -0.4 is 9.64 Å². The highest BCUT2D eigenvalue weighted by molar-refractivity contribution is 5.93. The van der Waals surface area contributed by atoms with Crippen LogP contribution in [0.1, 0.15) is 62.3 Å². The van der Waals surface area contributed by atoms with Crippen molar-refractivity contribution in [2.75, 3.05) is 12.0 Å². The molecule has 1 aliphatic carbocycles. The first kappa shape index (κ1) is 24.0. The van der Waals surface area contributed by atoms with E-state index in [4.69, 9.17) is 9.72 Å². The van der Waals surface area contributed by atoms with Crippen molar-refractivity contribution in [2.24, 2.45) is 5.41 Å². The Morgan fingerprint density at radius 2 is 1.71 bits per heavy atom. The summed E-state index contributed by atoms with van der Waals surface area (Å²) in [5.74, 6) is 1.88. The van der Waals surface area contributed by atoms with Gasteiger partial charge in [-0.15, -0.1) is 0 Å². The molecule has 178 valence electrons. The van der Waals surface area contributed by atoms with E-state index in [1.54, 1.807) is 7.11 Å². The van der Waals surface area contributed by atoms with Crippen LogP contribution in [-0.4, -0.2) is 18.0 Å². The molecule has 0 bridgehead atoms. The number of aryl methyl sites for hydroxylation is 2. The quantitative estimate of drug-likeness (QED) is 0.404. The average molecular weight is 457 g/mol. The number of amides is 1. The van der Waals surface area contributed by atoms with E-state index in [9.17, 15) is 4.79 Å². The lowest BCUT2D eigenvalue weighted by molar-refractivity contribution is -0.120. The van der Waals surface area contributed by atoms with Crippen LogP contribution in [0.2, 0.25) is 0 Å². The Morgan fingerprint density at radius 3 is 2.38 bits per heavy atom. The van der Waals surface area contributed by atoms with E-state index in [0.717, 1.165) is 53.1 Å². The molecule has 4 heteroatoms. The van der Waals surface area contributed by atoms with Gasteiger partial charge in [0.2, 0.25) is 5.91 Å². The molecule has 2 aromatic carbocycles. The lowest BCUT2D eigenvalue weighted by Gasteiger charge is -2.29. The van der Waals surface area contributed by atoms with Crippen molar-refractivity contribution in [1.29, 1.82) is 0 Å². The van der Waals surface area contributed by atoms with E-state index in [-0.39, 0.29) is 11.3 Å². The van der Waals surface area contributed by atoms with E-state index >= 15 is 0 Å². The van der Waals surface area contributed by atoms with Gasteiger partial charge in [0.25, 0.3) is 0 Å². The van der Waals surface area contributed by atoms with Crippen LogP contribution in [0.4, 0.5) is 5.82 Å². The maximum Gasteiger partial charge on any atom is 0.228 e. The van der Waals surface area contributed by atoms with Gasteiger partial charge >= 0.3 is 0 Å². The summed E-state index contributed by atoms with van der Waals surface area (Å²) in [5.41, 5.74) is 7.03. The van der Waals surface area contributed by atoms with Gasteiger partial charge < -0.3 is 4.74 Å². The van der Waals surface area contributed by atoms with Crippen molar-refractivity contribution in [1.82, 2.24) is 4.98 Å². The normalized spacial score (nSPS) is 13.3. The molecule has 1 aromatic heterocycles. The molecular weight excluding hydrogens is 420 g/mol. The molecule has 4 nitrogen and oxygen atoms in total. The molecule has 0 saturated carbocycles. The van der Waals surface area contributed by atoms with Crippen LogP contribution >= 0.6 is 0 Å². The van der Waals surface area contributed by atoms with Crippen LogP contribution in [0.25, 0.3) is 11.1 Å². The van der Waals surface area contributed by atoms with Crippen molar-refractivity contribution in [3.05, 3.63) is 77.0 Å². The molecule has 0 radical (unpaired) electrons. The molecule has 0 fully saturated rings. The van der Waals surface area contributed by atoms with E-state index in [1.165, 1.54) is 17.5 Å². The molecule has 3 aromatic rings. The molecule has 0 unspecified atom stereocenters. The Labute approximate surface area is 204 Å². The van der Waals surface area contributed by atoms with Gasteiger partial charge in [0, 0.05) is 12.6 Å². The molecule has 0 spiro atoms. The van der Waals surface area contributed by atoms with Gasteiger partial charge in [0.1, 0.15) is 11.6 Å². The highest BCUT2D eigenvalue weighted by Crippen LogP contribution is 2.32. The molecule has 1 heterocycles. The molecule has 0 saturated heterocycles. The van der Waals surface area contributed by atoms with E-state index < -0.39 is 0 Å². The van der Waals surface area contributed by atoms with Crippen LogP contribution in [0.3, 0.4) is 0 Å². The van der Waals surface area contributed by atoms with Gasteiger partial charge in [-0.3, -0.25) is 9.69 Å². The Hall–Kier alpha value is -3.14. The number of hydrogen-bond donors (Lipinski definition) is 0. The number of carbonyl (C=O) groups excluding carboxylic acids is 1. The zero-order valence-electron chi connectivity index (χ0n) is 21.1. The number of nitrogens with zero attached hydrogens (tertiary/aromatic N) is 2. The van der Waals surface area contributed by atoms with Crippen LogP contribution in [0.5, 0.6) is 5.75 Å². The Morgan fingerprint density at radius 1 is 1.00 bits per heavy atom. The average Bonchev–Trinajstić information content (AvgIpc) is 2.81. The minimum absolute atomic E-state index is 0.0831. The highest BCUT2D eigenvalue weighted by atomic mass is 16.5. The maximum absolute atomic E-state index is 13.5. The minimum Gasteiger partial charge on any atom is -0.496 e. The fourth-order valence-electron chi connectivity index (χ4n) is 4.75. The third-order valence-electron chi connectivity index (χ3n) is 6.51. The van der Waals surface area contributed by atoms with Gasteiger partial charge in [-0.05, 0) is 89.6 Å². The number of hydrogen-bond acceptors (Lipinski definition) is 3. The Bertz CT molecular complexity index is 1160. The number of anilines is 1.